The van der Waals surface area contributed by atoms with E-state index in [4.69, 9.17) is 16.0 Å². The Morgan fingerprint density at radius 3 is 2.62 bits per heavy atom. The first kappa shape index (κ1) is 16.6. The first-order valence-corrected chi connectivity index (χ1v) is 8.78. The van der Waals surface area contributed by atoms with Crippen molar-refractivity contribution in [2.24, 2.45) is 5.10 Å². The van der Waals surface area contributed by atoms with Crippen molar-refractivity contribution in [2.75, 3.05) is 0 Å². The van der Waals surface area contributed by atoms with Crippen LogP contribution >= 0.6 is 11.6 Å². The summed E-state index contributed by atoms with van der Waals surface area (Å²) >= 11 is 6.23. The van der Waals surface area contributed by atoms with Crippen molar-refractivity contribution in [3.8, 4) is 0 Å². The number of hydrogen-bond acceptors (Lipinski definition) is 3. The quantitative estimate of drug-likeness (QED) is 0.638. The molecule has 1 aliphatic rings. The Bertz CT molecular complexity index is 979. The summed E-state index contributed by atoms with van der Waals surface area (Å²) in [5.41, 5.74) is 3.46. The molecule has 4 nitrogen and oxygen atoms in total. The van der Waals surface area contributed by atoms with Gasteiger partial charge in [-0.05, 0) is 36.8 Å². The summed E-state index contributed by atoms with van der Waals surface area (Å²) < 4.78 is 5.58. The van der Waals surface area contributed by atoms with Gasteiger partial charge in [-0.25, -0.2) is 5.01 Å². The molecular formula is C21H17ClN2O2. The highest BCUT2D eigenvalue weighted by Gasteiger charge is 2.36. The number of hydrazone groups is 1. The summed E-state index contributed by atoms with van der Waals surface area (Å²) in [6.07, 6.45) is 2.20. The molecule has 1 aromatic heterocycles. The van der Waals surface area contributed by atoms with Crippen LogP contribution in [0.15, 0.2) is 76.4 Å². The molecule has 0 saturated heterocycles. The van der Waals surface area contributed by atoms with E-state index in [1.165, 1.54) is 5.01 Å². The third kappa shape index (κ3) is 2.93. The van der Waals surface area contributed by atoms with E-state index in [2.05, 4.69) is 5.10 Å². The SMILES string of the molecule is Cc1ccccc1C1=NN(C(=O)c2ccccc2Cl)C(c2ccco2)C1. The van der Waals surface area contributed by atoms with Crippen LogP contribution in [0.25, 0.3) is 0 Å². The van der Waals surface area contributed by atoms with Crippen LogP contribution in [-0.4, -0.2) is 16.6 Å². The van der Waals surface area contributed by atoms with Crippen molar-refractivity contribution >= 4 is 23.2 Å². The third-order valence-electron chi connectivity index (χ3n) is 4.55. The number of amides is 1. The zero-order valence-electron chi connectivity index (χ0n) is 14.2. The molecule has 3 aromatic rings. The molecule has 1 atom stereocenters. The molecule has 1 amide bonds. The van der Waals surface area contributed by atoms with Crippen LogP contribution in [-0.2, 0) is 0 Å². The Kier molecular flexibility index (Phi) is 4.35. The highest BCUT2D eigenvalue weighted by molar-refractivity contribution is 6.33. The van der Waals surface area contributed by atoms with E-state index in [0.29, 0.717) is 22.8 Å². The lowest BCUT2D eigenvalue weighted by molar-refractivity contribution is 0.0693. The van der Waals surface area contributed by atoms with Crippen LogP contribution < -0.4 is 0 Å². The molecular weight excluding hydrogens is 348 g/mol. The summed E-state index contributed by atoms with van der Waals surface area (Å²) in [4.78, 5) is 13.1. The Morgan fingerprint density at radius 2 is 1.88 bits per heavy atom. The minimum atomic E-state index is -0.289. The first-order valence-electron chi connectivity index (χ1n) is 8.40. The molecule has 4 rings (SSSR count). The van der Waals surface area contributed by atoms with Crippen molar-refractivity contribution in [3.63, 3.8) is 0 Å². The Hall–Kier alpha value is -2.85. The van der Waals surface area contributed by atoms with Crippen molar-refractivity contribution in [2.45, 2.75) is 19.4 Å². The number of carbonyl (C=O) groups is 1. The molecule has 1 unspecified atom stereocenters. The molecule has 0 N–H and O–H groups in total. The van der Waals surface area contributed by atoms with E-state index in [0.717, 1.165) is 16.8 Å². The van der Waals surface area contributed by atoms with E-state index in [9.17, 15) is 4.79 Å². The normalized spacial score (nSPS) is 16.6. The lowest BCUT2D eigenvalue weighted by Crippen LogP contribution is -2.27. The van der Waals surface area contributed by atoms with Gasteiger partial charge in [0.15, 0.2) is 0 Å². The minimum Gasteiger partial charge on any atom is -0.467 e. The zero-order chi connectivity index (χ0) is 18.1. The first-order chi connectivity index (χ1) is 12.6. The van der Waals surface area contributed by atoms with Gasteiger partial charge >= 0.3 is 0 Å². The van der Waals surface area contributed by atoms with Crippen molar-refractivity contribution < 1.29 is 9.21 Å². The summed E-state index contributed by atoms with van der Waals surface area (Å²) in [5, 5.41) is 6.56. The average molecular weight is 365 g/mol. The van der Waals surface area contributed by atoms with Gasteiger partial charge in [0.05, 0.1) is 22.6 Å². The van der Waals surface area contributed by atoms with Crippen LogP contribution in [0, 0.1) is 6.92 Å². The Labute approximate surface area is 156 Å². The number of aryl methyl sites for hydroxylation is 1. The van der Waals surface area contributed by atoms with E-state index in [1.807, 2.05) is 43.3 Å². The summed E-state index contributed by atoms with van der Waals surface area (Å²) in [6.45, 7) is 2.04. The highest BCUT2D eigenvalue weighted by Crippen LogP contribution is 2.35. The second-order valence-corrected chi connectivity index (χ2v) is 6.63. The monoisotopic (exact) mass is 364 g/mol. The van der Waals surface area contributed by atoms with Gasteiger partial charge in [0.25, 0.3) is 5.91 Å². The Balaban J connectivity index is 1.76. The predicted molar refractivity (Wildman–Crippen MR) is 101 cm³/mol. The third-order valence-corrected chi connectivity index (χ3v) is 4.88. The molecule has 2 aromatic carbocycles. The van der Waals surface area contributed by atoms with Crippen molar-refractivity contribution in [1.82, 2.24) is 5.01 Å². The smallest absolute Gasteiger partial charge is 0.276 e. The van der Waals surface area contributed by atoms with Gasteiger partial charge in [0.2, 0.25) is 0 Å². The van der Waals surface area contributed by atoms with Crippen LogP contribution in [0.3, 0.4) is 0 Å². The molecule has 0 spiro atoms. The van der Waals surface area contributed by atoms with Gasteiger partial charge in [0.1, 0.15) is 11.8 Å². The maximum absolute atomic E-state index is 13.1. The fourth-order valence-corrected chi connectivity index (χ4v) is 3.43. The highest BCUT2D eigenvalue weighted by atomic mass is 35.5. The molecule has 5 heteroatoms. The minimum absolute atomic E-state index is 0.236. The predicted octanol–water partition coefficient (Wildman–Crippen LogP) is 5.23. The molecule has 0 fully saturated rings. The Morgan fingerprint density at radius 1 is 1.12 bits per heavy atom. The molecule has 26 heavy (non-hydrogen) atoms. The zero-order valence-corrected chi connectivity index (χ0v) is 15.0. The summed E-state index contributed by atoms with van der Waals surface area (Å²) in [7, 11) is 0. The summed E-state index contributed by atoms with van der Waals surface area (Å²) in [6, 6.07) is 18.4. The van der Waals surface area contributed by atoms with E-state index in [1.54, 1.807) is 30.5 Å². The van der Waals surface area contributed by atoms with Crippen LogP contribution in [0.1, 0.15) is 39.7 Å². The molecule has 0 radical (unpaired) electrons. The number of carbonyl (C=O) groups excluding carboxylic acids is 1. The van der Waals surface area contributed by atoms with E-state index < -0.39 is 0 Å². The maximum atomic E-state index is 13.1. The van der Waals surface area contributed by atoms with Crippen molar-refractivity contribution in [1.29, 1.82) is 0 Å². The van der Waals surface area contributed by atoms with Crippen LogP contribution in [0.2, 0.25) is 5.02 Å². The van der Waals surface area contributed by atoms with Gasteiger partial charge in [-0.3, -0.25) is 4.79 Å². The fourth-order valence-electron chi connectivity index (χ4n) is 3.22. The standard InChI is InChI=1S/C21H17ClN2O2/c1-14-7-2-3-8-15(14)18-13-19(20-11-6-12-26-20)24(23-18)21(25)16-9-4-5-10-17(16)22/h2-12,19H,13H2,1H3. The van der Waals surface area contributed by atoms with Gasteiger partial charge < -0.3 is 4.42 Å². The second-order valence-electron chi connectivity index (χ2n) is 6.23. The number of rotatable bonds is 3. The average Bonchev–Trinajstić information content (AvgIpc) is 3.31. The molecule has 2 heterocycles. The van der Waals surface area contributed by atoms with Gasteiger partial charge in [-0.2, -0.15) is 5.10 Å². The van der Waals surface area contributed by atoms with Gasteiger partial charge in [-0.1, -0.05) is 48.0 Å². The molecule has 0 aliphatic carbocycles. The topological polar surface area (TPSA) is 45.8 Å². The lowest BCUT2D eigenvalue weighted by atomic mass is 9.99. The van der Waals surface area contributed by atoms with E-state index in [-0.39, 0.29) is 11.9 Å². The lowest BCUT2D eigenvalue weighted by Gasteiger charge is -2.20. The van der Waals surface area contributed by atoms with Gasteiger partial charge in [-0.15, -0.1) is 0 Å². The number of furan rings is 1. The molecule has 130 valence electrons. The van der Waals surface area contributed by atoms with Crippen molar-refractivity contribution in [3.05, 3.63) is 94.4 Å². The molecule has 0 bridgehead atoms. The number of hydrogen-bond donors (Lipinski definition) is 0. The second kappa shape index (κ2) is 6.81. The summed E-state index contributed by atoms with van der Waals surface area (Å²) in [5.74, 6) is 0.471. The molecule has 1 aliphatic heterocycles. The fraction of sp³-hybridized carbons (Fsp3) is 0.143. The molecule has 0 saturated carbocycles. The number of halogens is 1. The van der Waals surface area contributed by atoms with Crippen LogP contribution in [0.4, 0.5) is 0 Å². The number of benzene rings is 2. The van der Waals surface area contributed by atoms with Crippen LogP contribution in [0.5, 0.6) is 0 Å². The maximum Gasteiger partial charge on any atom is 0.276 e. The van der Waals surface area contributed by atoms with Gasteiger partial charge in [0, 0.05) is 12.0 Å². The van der Waals surface area contributed by atoms with E-state index >= 15 is 0 Å². The largest absolute Gasteiger partial charge is 0.467 e. The number of nitrogens with zero attached hydrogens (tertiary/aromatic N) is 2.